The second kappa shape index (κ2) is 4.65. The molecular formula is C11H20ClN. The lowest BCUT2D eigenvalue weighted by Crippen LogP contribution is -2.45. The fourth-order valence-electron chi connectivity index (χ4n) is 2.73. The molecular weight excluding hydrogens is 182 g/mol. The topological polar surface area (TPSA) is 3.24 Å². The molecule has 0 unspecified atom stereocenters. The first-order valence-corrected chi connectivity index (χ1v) is 6.20. The third-order valence-corrected chi connectivity index (χ3v) is 4.02. The molecule has 0 aromatic carbocycles. The van der Waals surface area contributed by atoms with Crippen LogP contribution < -0.4 is 0 Å². The first-order chi connectivity index (χ1) is 6.38. The maximum atomic E-state index is 6.37. The summed E-state index contributed by atoms with van der Waals surface area (Å²) < 4.78 is 0. The Morgan fingerprint density at radius 1 is 0.846 bits per heavy atom. The van der Waals surface area contributed by atoms with E-state index >= 15 is 0 Å². The lowest BCUT2D eigenvalue weighted by Gasteiger charge is -2.39. The van der Waals surface area contributed by atoms with E-state index in [9.17, 15) is 0 Å². The van der Waals surface area contributed by atoms with Crippen molar-refractivity contribution in [3.05, 3.63) is 0 Å². The standard InChI is InChI=1S/C11H20ClN/c12-10-6-2-3-7-11(10)13-8-4-1-5-9-13/h10-11H,1-9H2/t10-,11+/m1/s1. The lowest BCUT2D eigenvalue weighted by molar-refractivity contribution is 0.134. The second-order valence-electron chi connectivity index (χ2n) is 4.46. The van der Waals surface area contributed by atoms with Crippen molar-refractivity contribution in [1.82, 2.24) is 4.90 Å². The van der Waals surface area contributed by atoms with Crippen LogP contribution in [0, 0.1) is 0 Å². The van der Waals surface area contributed by atoms with Crippen molar-refractivity contribution >= 4 is 11.6 Å². The zero-order chi connectivity index (χ0) is 9.10. The van der Waals surface area contributed by atoms with E-state index in [1.165, 1.54) is 58.0 Å². The van der Waals surface area contributed by atoms with E-state index in [0.29, 0.717) is 11.4 Å². The number of nitrogens with zero attached hydrogens (tertiary/aromatic N) is 1. The van der Waals surface area contributed by atoms with E-state index in [1.807, 2.05) is 0 Å². The summed E-state index contributed by atoms with van der Waals surface area (Å²) in [4.78, 5) is 2.64. The Balaban J connectivity index is 1.88. The summed E-state index contributed by atoms with van der Waals surface area (Å²) in [6.07, 6.45) is 9.52. The highest BCUT2D eigenvalue weighted by atomic mass is 35.5. The van der Waals surface area contributed by atoms with Crippen molar-refractivity contribution in [1.29, 1.82) is 0 Å². The zero-order valence-corrected chi connectivity index (χ0v) is 9.10. The monoisotopic (exact) mass is 201 g/mol. The first kappa shape index (κ1) is 9.79. The summed E-state index contributed by atoms with van der Waals surface area (Å²) in [5, 5.41) is 0.437. The quantitative estimate of drug-likeness (QED) is 0.590. The third kappa shape index (κ3) is 2.38. The Morgan fingerprint density at radius 3 is 2.23 bits per heavy atom. The maximum absolute atomic E-state index is 6.37. The van der Waals surface area contributed by atoms with Crippen LogP contribution in [0.25, 0.3) is 0 Å². The largest absolute Gasteiger partial charge is 0.299 e. The smallest absolute Gasteiger partial charge is 0.0491 e. The summed E-state index contributed by atoms with van der Waals surface area (Å²) in [6.45, 7) is 2.60. The molecule has 1 saturated carbocycles. The summed E-state index contributed by atoms with van der Waals surface area (Å²) >= 11 is 6.37. The molecule has 2 fully saturated rings. The van der Waals surface area contributed by atoms with Crippen LogP contribution in [-0.2, 0) is 0 Å². The Hall–Kier alpha value is 0.250. The highest BCUT2D eigenvalue weighted by Crippen LogP contribution is 2.28. The van der Waals surface area contributed by atoms with Gasteiger partial charge in [0.05, 0.1) is 0 Å². The molecule has 0 bridgehead atoms. The molecule has 76 valence electrons. The second-order valence-corrected chi connectivity index (χ2v) is 5.03. The van der Waals surface area contributed by atoms with Gasteiger partial charge in [0.25, 0.3) is 0 Å². The van der Waals surface area contributed by atoms with Crippen LogP contribution in [0.1, 0.15) is 44.9 Å². The highest BCUT2D eigenvalue weighted by molar-refractivity contribution is 6.21. The molecule has 0 aromatic rings. The van der Waals surface area contributed by atoms with Gasteiger partial charge >= 0.3 is 0 Å². The molecule has 1 saturated heterocycles. The summed E-state index contributed by atoms with van der Waals surface area (Å²) in [5.74, 6) is 0. The van der Waals surface area contributed by atoms with Gasteiger partial charge in [0, 0.05) is 11.4 Å². The number of hydrogen-bond acceptors (Lipinski definition) is 1. The number of alkyl halides is 1. The first-order valence-electron chi connectivity index (χ1n) is 5.76. The number of hydrogen-bond donors (Lipinski definition) is 0. The van der Waals surface area contributed by atoms with Gasteiger partial charge in [-0.05, 0) is 38.8 Å². The van der Waals surface area contributed by atoms with E-state index < -0.39 is 0 Å². The molecule has 0 amide bonds. The van der Waals surface area contributed by atoms with E-state index in [1.54, 1.807) is 0 Å². The molecule has 0 spiro atoms. The van der Waals surface area contributed by atoms with E-state index in [0.717, 1.165) is 0 Å². The number of piperidine rings is 1. The van der Waals surface area contributed by atoms with Gasteiger partial charge < -0.3 is 0 Å². The van der Waals surface area contributed by atoms with Crippen molar-refractivity contribution < 1.29 is 0 Å². The minimum Gasteiger partial charge on any atom is -0.299 e. The van der Waals surface area contributed by atoms with Gasteiger partial charge in [-0.3, -0.25) is 4.90 Å². The normalized spacial score (nSPS) is 37.6. The van der Waals surface area contributed by atoms with E-state index in [-0.39, 0.29) is 0 Å². The summed E-state index contributed by atoms with van der Waals surface area (Å²) in [7, 11) is 0. The van der Waals surface area contributed by atoms with Gasteiger partial charge in [-0.15, -0.1) is 11.6 Å². The van der Waals surface area contributed by atoms with Crippen LogP contribution in [0.4, 0.5) is 0 Å². The van der Waals surface area contributed by atoms with Crippen LogP contribution in [-0.4, -0.2) is 29.4 Å². The molecule has 2 heteroatoms. The Morgan fingerprint density at radius 2 is 1.54 bits per heavy atom. The van der Waals surface area contributed by atoms with Gasteiger partial charge in [-0.2, -0.15) is 0 Å². The van der Waals surface area contributed by atoms with Crippen LogP contribution in [0.15, 0.2) is 0 Å². The molecule has 13 heavy (non-hydrogen) atoms. The molecule has 2 rings (SSSR count). The minimum atomic E-state index is 0.437. The number of halogens is 1. The van der Waals surface area contributed by atoms with E-state index in [2.05, 4.69) is 4.90 Å². The molecule has 2 aliphatic rings. The third-order valence-electron chi connectivity index (χ3n) is 3.51. The van der Waals surface area contributed by atoms with Crippen molar-refractivity contribution in [2.75, 3.05) is 13.1 Å². The molecule has 1 aliphatic carbocycles. The Kier molecular flexibility index (Phi) is 3.51. The van der Waals surface area contributed by atoms with Gasteiger partial charge in [0.1, 0.15) is 0 Å². The highest BCUT2D eigenvalue weighted by Gasteiger charge is 2.29. The zero-order valence-electron chi connectivity index (χ0n) is 8.34. The van der Waals surface area contributed by atoms with Gasteiger partial charge in [-0.1, -0.05) is 19.3 Å². The number of rotatable bonds is 1. The Labute approximate surface area is 86.4 Å². The predicted molar refractivity (Wildman–Crippen MR) is 57.3 cm³/mol. The fraction of sp³-hybridized carbons (Fsp3) is 1.00. The molecule has 0 radical (unpaired) electrons. The molecule has 1 aliphatic heterocycles. The van der Waals surface area contributed by atoms with Crippen molar-refractivity contribution in [2.45, 2.75) is 56.4 Å². The molecule has 1 nitrogen and oxygen atoms in total. The van der Waals surface area contributed by atoms with Gasteiger partial charge in [-0.25, -0.2) is 0 Å². The van der Waals surface area contributed by atoms with Crippen molar-refractivity contribution in [3.63, 3.8) is 0 Å². The van der Waals surface area contributed by atoms with Crippen LogP contribution >= 0.6 is 11.6 Å². The lowest BCUT2D eigenvalue weighted by atomic mass is 9.92. The van der Waals surface area contributed by atoms with Crippen LogP contribution in [0.2, 0.25) is 0 Å². The van der Waals surface area contributed by atoms with Crippen molar-refractivity contribution in [2.24, 2.45) is 0 Å². The fourth-order valence-corrected chi connectivity index (χ4v) is 3.17. The average molecular weight is 202 g/mol. The van der Waals surface area contributed by atoms with Crippen LogP contribution in [0.3, 0.4) is 0 Å². The summed E-state index contributed by atoms with van der Waals surface area (Å²) in [5.41, 5.74) is 0. The van der Waals surface area contributed by atoms with Crippen molar-refractivity contribution in [3.8, 4) is 0 Å². The predicted octanol–water partition coefficient (Wildman–Crippen LogP) is 3.02. The summed E-state index contributed by atoms with van der Waals surface area (Å²) in [6, 6.07) is 0.704. The number of likely N-dealkylation sites (tertiary alicyclic amines) is 1. The molecule has 2 atom stereocenters. The maximum Gasteiger partial charge on any atom is 0.0491 e. The van der Waals surface area contributed by atoms with Gasteiger partial charge in [0.2, 0.25) is 0 Å². The molecule has 1 heterocycles. The van der Waals surface area contributed by atoms with Gasteiger partial charge in [0.15, 0.2) is 0 Å². The van der Waals surface area contributed by atoms with E-state index in [4.69, 9.17) is 11.6 Å². The molecule has 0 N–H and O–H groups in total. The SMILES string of the molecule is Cl[C@@H]1CCCC[C@@H]1N1CCCCC1. The average Bonchev–Trinajstić information content (AvgIpc) is 2.20. The minimum absolute atomic E-state index is 0.437. The van der Waals surface area contributed by atoms with Crippen LogP contribution in [0.5, 0.6) is 0 Å². The Bertz CT molecular complexity index is 154. The molecule has 0 aromatic heterocycles.